The first-order valence-electron chi connectivity index (χ1n) is 6.57. The Bertz CT molecular complexity index is 798. The van der Waals surface area contributed by atoms with E-state index >= 15 is 0 Å². The van der Waals surface area contributed by atoms with Gasteiger partial charge >= 0.3 is 0 Å². The van der Waals surface area contributed by atoms with Crippen LogP contribution in [0.5, 0.6) is 0 Å². The number of aromatic nitrogens is 1. The van der Waals surface area contributed by atoms with Gasteiger partial charge in [-0.05, 0) is 30.7 Å². The second kappa shape index (κ2) is 5.50. The van der Waals surface area contributed by atoms with Crippen molar-refractivity contribution < 1.29 is 4.79 Å². The molecule has 104 valence electrons. The van der Waals surface area contributed by atoms with Crippen LogP contribution in [0.2, 0.25) is 0 Å². The van der Waals surface area contributed by atoms with Gasteiger partial charge in [-0.15, -0.1) is 11.3 Å². The number of para-hydroxylation sites is 1. The largest absolute Gasteiger partial charge is 0.366 e. The third kappa shape index (κ3) is 2.85. The van der Waals surface area contributed by atoms with Crippen molar-refractivity contribution in [2.45, 2.75) is 6.92 Å². The Kier molecular flexibility index (Phi) is 3.54. The maximum Gasteiger partial charge on any atom is 0.251 e. The molecule has 0 spiro atoms. The number of hydrogen-bond acceptors (Lipinski definition) is 3. The van der Waals surface area contributed by atoms with Crippen molar-refractivity contribution >= 4 is 39.1 Å². The van der Waals surface area contributed by atoms with Crippen LogP contribution in [-0.2, 0) is 4.79 Å². The van der Waals surface area contributed by atoms with Gasteiger partial charge in [0.25, 0.3) is 5.91 Å². The Morgan fingerprint density at radius 1 is 1.14 bits per heavy atom. The molecular weight excluding hydrogens is 280 g/mol. The van der Waals surface area contributed by atoms with Crippen molar-refractivity contribution in [3.8, 4) is 0 Å². The van der Waals surface area contributed by atoms with Crippen molar-refractivity contribution in [1.29, 1.82) is 0 Å². The minimum absolute atomic E-state index is 0.444. The quantitative estimate of drug-likeness (QED) is 0.750. The van der Waals surface area contributed by atoms with E-state index in [-0.39, 0.29) is 0 Å². The maximum absolute atomic E-state index is 11.8. The van der Waals surface area contributed by atoms with E-state index in [2.05, 4.69) is 4.98 Å². The predicted octanol–water partition coefficient (Wildman–Crippen LogP) is 3.63. The third-order valence-electron chi connectivity index (χ3n) is 3.18. The van der Waals surface area contributed by atoms with E-state index < -0.39 is 5.91 Å². The number of amides is 1. The molecule has 0 bridgehead atoms. The van der Waals surface area contributed by atoms with E-state index in [9.17, 15) is 4.79 Å². The molecule has 0 aliphatic heterocycles. The molecule has 1 heterocycles. The summed E-state index contributed by atoms with van der Waals surface area (Å²) in [7, 11) is 0. The summed E-state index contributed by atoms with van der Waals surface area (Å²) in [5.74, 6) is -0.463. The lowest BCUT2D eigenvalue weighted by Gasteiger charge is -2.00. The summed E-state index contributed by atoms with van der Waals surface area (Å²) in [6.45, 7) is 2.02. The molecule has 3 nitrogen and oxygen atoms in total. The summed E-state index contributed by atoms with van der Waals surface area (Å²) in [4.78, 5) is 16.3. The van der Waals surface area contributed by atoms with Crippen LogP contribution in [0.1, 0.15) is 16.1 Å². The highest BCUT2D eigenvalue weighted by Crippen LogP contribution is 2.28. The second-order valence-corrected chi connectivity index (χ2v) is 5.85. The Hall–Kier alpha value is -2.46. The van der Waals surface area contributed by atoms with E-state index in [1.165, 1.54) is 16.9 Å². The van der Waals surface area contributed by atoms with Crippen LogP contribution < -0.4 is 5.73 Å². The maximum atomic E-state index is 11.8. The first kappa shape index (κ1) is 13.5. The molecule has 3 rings (SSSR count). The van der Waals surface area contributed by atoms with E-state index in [0.717, 1.165) is 15.8 Å². The average molecular weight is 294 g/mol. The highest BCUT2D eigenvalue weighted by Gasteiger charge is 2.13. The number of thiazole rings is 1. The number of aryl methyl sites for hydroxylation is 1. The van der Waals surface area contributed by atoms with Gasteiger partial charge in [-0.3, -0.25) is 4.79 Å². The van der Waals surface area contributed by atoms with Gasteiger partial charge < -0.3 is 5.73 Å². The van der Waals surface area contributed by atoms with Gasteiger partial charge in [0.15, 0.2) is 0 Å². The van der Waals surface area contributed by atoms with Gasteiger partial charge in [0.2, 0.25) is 0 Å². The van der Waals surface area contributed by atoms with Gasteiger partial charge in [0, 0.05) is 0 Å². The van der Waals surface area contributed by atoms with E-state index in [1.807, 2.05) is 55.5 Å². The van der Waals surface area contributed by atoms with E-state index in [0.29, 0.717) is 10.6 Å². The monoisotopic (exact) mass is 294 g/mol. The topological polar surface area (TPSA) is 56.0 Å². The fourth-order valence-corrected chi connectivity index (χ4v) is 3.04. The lowest BCUT2D eigenvalue weighted by Crippen LogP contribution is -2.12. The number of primary amides is 1. The number of carbonyl (C=O) groups is 1. The average Bonchev–Trinajstić information content (AvgIpc) is 2.89. The fourth-order valence-electron chi connectivity index (χ4n) is 2.06. The molecule has 4 heteroatoms. The van der Waals surface area contributed by atoms with Crippen molar-refractivity contribution in [3.05, 3.63) is 64.7 Å². The molecule has 1 amide bonds. The Morgan fingerprint density at radius 3 is 2.52 bits per heavy atom. The van der Waals surface area contributed by atoms with Gasteiger partial charge in [-0.2, -0.15) is 0 Å². The van der Waals surface area contributed by atoms with Crippen LogP contribution in [0.4, 0.5) is 0 Å². The van der Waals surface area contributed by atoms with Gasteiger partial charge in [-0.25, -0.2) is 4.98 Å². The zero-order valence-corrected chi connectivity index (χ0v) is 12.4. The molecule has 0 saturated heterocycles. The van der Waals surface area contributed by atoms with Crippen LogP contribution in [0.15, 0.2) is 48.5 Å². The first-order valence-corrected chi connectivity index (χ1v) is 7.39. The first-order chi connectivity index (χ1) is 10.1. The number of rotatable bonds is 3. The van der Waals surface area contributed by atoms with Crippen molar-refractivity contribution in [2.24, 2.45) is 5.73 Å². The highest BCUT2D eigenvalue weighted by molar-refractivity contribution is 7.19. The second-order valence-electron chi connectivity index (χ2n) is 4.82. The summed E-state index contributed by atoms with van der Waals surface area (Å²) in [6, 6.07) is 15.7. The minimum Gasteiger partial charge on any atom is -0.366 e. The molecule has 3 aromatic rings. The standard InChI is InChI=1S/C17H14N2OS/c1-11-6-8-12(9-7-11)10-13(16(18)20)17-19-14-4-2-3-5-15(14)21-17/h2-10H,1H3,(H2,18,20)/b13-10+. The van der Waals surface area contributed by atoms with Crippen LogP contribution in [-0.4, -0.2) is 10.9 Å². The zero-order chi connectivity index (χ0) is 14.8. The lowest BCUT2D eigenvalue weighted by molar-refractivity contribution is -0.112. The minimum atomic E-state index is -0.463. The van der Waals surface area contributed by atoms with E-state index in [4.69, 9.17) is 5.73 Å². The molecule has 0 aliphatic rings. The molecule has 0 fully saturated rings. The molecular formula is C17H14N2OS. The summed E-state index contributed by atoms with van der Waals surface area (Å²) in [5.41, 5.74) is 8.97. The molecule has 2 N–H and O–H groups in total. The normalized spacial score (nSPS) is 11.8. The molecule has 0 radical (unpaired) electrons. The third-order valence-corrected chi connectivity index (χ3v) is 4.25. The Morgan fingerprint density at radius 2 is 1.86 bits per heavy atom. The molecule has 21 heavy (non-hydrogen) atoms. The van der Waals surface area contributed by atoms with Gasteiger partial charge in [0.05, 0.1) is 15.8 Å². The predicted molar refractivity (Wildman–Crippen MR) is 87.9 cm³/mol. The van der Waals surface area contributed by atoms with Gasteiger partial charge in [0.1, 0.15) is 5.01 Å². The fraction of sp³-hybridized carbons (Fsp3) is 0.0588. The zero-order valence-electron chi connectivity index (χ0n) is 11.5. The smallest absolute Gasteiger partial charge is 0.251 e. The molecule has 0 aliphatic carbocycles. The number of carbonyl (C=O) groups excluding carboxylic acids is 1. The Labute approximate surface area is 126 Å². The molecule has 2 aromatic carbocycles. The number of benzene rings is 2. The van der Waals surface area contributed by atoms with Crippen LogP contribution in [0.25, 0.3) is 21.9 Å². The number of fused-ring (bicyclic) bond motifs is 1. The van der Waals surface area contributed by atoms with Crippen molar-refractivity contribution in [2.75, 3.05) is 0 Å². The molecule has 0 unspecified atom stereocenters. The molecule has 0 saturated carbocycles. The summed E-state index contributed by atoms with van der Waals surface area (Å²) in [6.07, 6.45) is 1.79. The number of nitrogens with zero attached hydrogens (tertiary/aromatic N) is 1. The van der Waals surface area contributed by atoms with Crippen molar-refractivity contribution in [3.63, 3.8) is 0 Å². The highest BCUT2D eigenvalue weighted by atomic mass is 32.1. The number of hydrogen-bond donors (Lipinski definition) is 1. The van der Waals surface area contributed by atoms with Gasteiger partial charge in [-0.1, -0.05) is 42.0 Å². The Balaban J connectivity index is 2.09. The lowest BCUT2D eigenvalue weighted by atomic mass is 10.1. The van der Waals surface area contributed by atoms with Crippen molar-refractivity contribution in [1.82, 2.24) is 4.98 Å². The molecule has 1 aromatic heterocycles. The SMILES string of the molecule is Cc1ccc(/C=C(\C(N)=O)c2nc3ccccc3s2)cc1. The summed E-state index contributed by atoms with van der Waals surface area (Å²) < 4.78 is 1.04. The summed E-state index contributed by atoms with van der Waals surface area (Å²) >= 11 is 1.48. The van der Waals surface area contributed by atoms with E-state index in [1.54, 1.807) is 6.08 Å². The van der Waals surface area contributed by atoms with Crippen LogP contribution in [0, 0.1) is 6.92 Å². The van der Waals surface area contributed by atoms with Crippen LogP contribution in [0.3, 0.4) is 0 Å². The number of nitrogens with two attached hydrogens (primary N) is 1. The summed E-state index contributed by atoms with van der Waals surface area (Å²) in [5, 5.41) is 0.657. The van der Waals surface area contributed by atoms with Crippen LogP contribution >= 0.6 is 11.3 Å². The molecule has 0 atom stereocenters.